The van der Waals surface area contributed by atoms with E-state index in [9.17, 15) is 0 Å². The average Bonchev–Trinajstić information content (AvgIpc) is 3.78. The van der Waals surface area contributed by atoms with Crippen LogP contribution in [-0.4, -0.2) is 5.84 Å². The zero-order valence-electron chi connectivity index (χ0n) is 30.5. The first kappa shape index (κ1) is 31.3. The van der Waals surface area contributed by atoms with Gasteiger partial charge in [-0.2, -0.15) is 0 Å². The quantitative estimate of drug-likeness (QED) is 0.186. The molecule has 2 atom stereocenters. The highest BCUT2D eigenvalue weighted by Crippen LogP contribution is 2.51. The van der Waals surface area contributed by atoms with Crippen LogP contribution >= 0.6 is 0 Å². The summed E-state index contributed by atoms with van der Waals surface area (Å²) in [5, 5.41) is 12.8. The summed E-state index contributed by atoms with van der Waals surface area (Å²) in [7, 11) is 0. The number of hydrogen-bond donors (Lipinski definition) is 2. The Balaban J connectivity index is 1.09. The van der Waals surface area contributed by atoms with Crippen molar-refractivity contribution >= 4 is 27.4 Å². The zero-order valence-corrected chi connectivity index (χ0v) is 30.5. The molecule has 262 valence electrons. The number of amidine groups is 1. The molecule has 0 amide bonds. The average molecular weight is 714 g/mol. The molecular weight excluding hydrogens is 679 g/mol. The second-order valence-electron chi connectivity index (χ2n) is 15.1. The van der Waals surface area contributed by atoms with Crippen molar-refractivity contribution in [2.24, 2.45) is 4.99 Å². The van der Waals surface area contributed by atoms with Gasteiger partial charge in [0.2, 0.25) is 0 Å². The summed E-state index contributed by atoms with van der Waals surface area (Å²) in [6.45, 7) is 0. The van der Waals surface area contributed by atoms with Gasteiger partial charge in [0.05, 0.1) is 0 Å². The van der Waals surface area contributed by atoms with Crippen molar-refractivity contribution in [3.8, 4) is 66.8 Å². The van der Waals surface area contributed by atoms with E-state index in [0.717, 1.165) is 22.5 Å². The van der Waals surface area contributed by atoms with Gasteiger partial charge in [0.1, 0.15) is 18.2 Å². The molecular formula is C53H35N3. The molecule has 56 heavy (non-hydrogen) atoms. The minimum Gasteiger partial charge on any atom is -0.350 e. The van der Waals surface area contributed by atoms with Crippen molar-refractivity contribution < 1.29 is 0 Å². The van der Waals surface area contributed by atoms with Crippen LogP contribution in [0.2, 0.25) is 0 Å². The molecule has 9 aromatic rings. The number of aliphatic imine (C=N–C) groups is 1. The second kappa shape index (κ2) is 12.2. The van der Waals surface area contributed by atoms with Gasteiger partial charge in [0, 0.05) is 5.56 Å². The molecule has 1 heterocycles. The first-order valence-corrected chi connectivity index (χ1v) is 19.4. The Hall–Kier alpha value is -7.07. The number of benzene rings is 9. The molecule has 9 aromatic carbocycles. The van der Waals surface area contributed by atoms with Crippen LogP contribution in [0.25, 0.3) is 88.3 Å². The summed E-state index contributed by atoms with van der Waals surface area (Å²) in [5.74, 6) is 0.876. The lowest BCUT2D eigenvalue weighted by molar-refractivity contribution is 0.409. The Kier molecular flexibility index (Phi) is 6.83. The van der Waals surface area contributed by atoms with Crippen LogP contribution in [0.3, 0.4) is 0 Å². The zero-order chi connectivity index (χ0) is 36.7. The summed E-state index contributed by atoms with van der Waals surface area (Å²) >= 11 is 0. The minimum absolute atomic E-state index is 0.133. The van der Waals surface area contributed by atoms with E-state index < -0.39 is 0 Å². The monoisotopic (exact) mass is 713 g/mol. The maximum Gasteiger partial charge on any atom is 0.131 e. The van der Waals surface area contributed by atoms with Gasteiger partial charge in [-0.05, 0) is 118 Å². The third kappa shape index (κ3) is 4.71. The summed E-state index contributed by atoms with van der Waals surface area (Å²) in [4.78, 5) is 5.42. The smallest absolute Gasteiger partial charge is 0.131 e. The SMILES string of the molecule is c1ccc(C2=NC(c3cc(-c4ccc5c6c(cccc46)-c4ccccc4-5)cc(-c4ccc5c6c(cccc46)-c4ccccc4-5)c3)NC(c3ccccc3)N2)cc1. The Morgan fingerprint density at radius 1 is 0.339 bits per heavy atom. The van der Waals surface area contributed by atoms with Crippen molar-refractivity contribution in [2.45, 2.75) is 12.3 Å². The number of nitrogens with one attached hydrogen (secondary N) is 2. The highest BCUT2D eigenvalue weighted by Gasteiger charge is 2.28. The predicted molar refractivity (Wildman–Crippen MR) is 232 cm³/mol. The van der Waals surface area contributed by atoms with Crippen LogP contribution < -0.4 is 10.6 Å². The molecule has 12 rings (SSSR count). The first-order chi connectivity index (χ1) is 27.8. The van der Waals surface area contributed by atoms with Gasteiger partial charge in [-0.1, -0.05) is 170 Å². The lowest BCUT2D eigenvalue weighted by Gasteiger charge is -2.32. The van der Waals surface area contributed by atoms with E-state index in [4.69, 9.17) is 4.99 Å². The highest BCUT2D eigenvalue weighted by molar-refractivity contribution is 6.20. The van der Waals surface area contributed by atoms with Gasteiger partial charge in [-0.3, -0.25) is 5.32 Å². The first-order valence-electron chi connectivity index (χ1n) is 19.4. The molecule has 0 bridgehead atoms. The molecule has 3 aliphatic rings. The molecule has 0 radical (unpaired) electrons. The standard InChI is InChI=1S/C53H35N3/c1-3-13-32(14-4-1)51-54-52(33-15-5-2-6-16-33)56-53(55-51)36-30-34(37-25-27-47-41-19-9-7-17-39(41)45-23-11-21-43(37)49(45)47)29-35(31-36)38-26-28-48-42-20-10-8-18-40(42)46-24-12-22-44(38)50(46)48/h1-31,51,53,55H,(H,54,56). The third-order valence-electron chi connectivity index (χ3n) is 12.0. The van der Waals surface area contributed by atoms with E-state index in [1.165, 1.54) is 88.3 Å². The summed E-state index contributed by atoms with van der Waals surface area (Å²) in [6.07, 6.45) is -0.441. The molecule has 3 nitrogen and oxygen atoms in total. The topological polar surface area (TPSA) is 36.4 Å². The summed E-state index contributed by atoms with van der Waals surface area (Å²) < 4.78 is 0. The molecule has 2 N–H and O–H groups in total. The molecule has 0 saturated heterocycles. The number of hydrogen-bond acceptors (Lipinski definition) is 3. The minimum atomic E-state index is -0.308. The van der Waals surface area contributed by atoms with Gasteiger partial charge in [0.25, 0.3) is 0 Å². The summed E-state index contributed by atoms with van der Waals surface area (Å²) in [5.41, 5.74) is 18.6. The Labute approximate surface area is 325 Å². The van der Waals surface area contributed by atoms with Gasteiger partial charge < -0.3 is 5.32 Å². The molecule has 3 heteroatoms. The second-order valence-corrected chi connectivity index (χ2v) is 15.1. The van der Waals surface area contributed by atoms with Gasteiger partial charge >= 0.3 is 0 Å². The van der Waals surface area contributed by atoms with Crippen LogP contribution in [0.4, 0.5) is 0 Å². The van der Waals surface area contributed by atoms with E-state index in [-0.39, 0.29) is 12.3 Å². The van der Waals surface area contributed by atoms with Crippen LogP contribution in [0.15, 0.2) is 193 Å². The van der Waals surface area contributed by atoms with Crippen LogP contribution in [0.5, 0.6) is 0 Å². The van der Waals surface area contributed by atoms with Crippen molar-refractivity contribution in [1.82, 2.24) is 10.6 Å². The maximum absolute atomic E-state index is 5.42. The number of fused-ring (bicyclic) bond motifs is 6. The third-order valence-corrected chi connectivity index (χ3v) is 12.0. The van der Waals surface area contributed by atoms with Crippen molar-refractivity contribution in [3.05, 3.63) is 205 Å². The maximum atomic E-state index is 5.42. The Morgan fingerprint density at radius 3 is 1.32 bits per heavy atom. The fraction of sp³-hybridized carbons (Fsp3) is 0.0377. The van der Waals surface area contributed by atoms with Crippen molar-refractivity contribution in [2.75, 3.05) is 0 Å². The van der Waals surface area contributed by atoms with E-state index in [2.05, 4.69) is 199 Å². The van der Waals surface area contributed by atoms with E-state index in [1.54, 1.807) is 0 Å². The lowest BCUT2D eigenvalue weighted by Crippen LogP contribution is -2.44. The Bertz CT molecular complexity index is 2880. The molecule has 2 aliphatic carbocycles. The van der Waals surface area contributed by atoms with Crippen molar-refractivity contribution in [3.63, 3.8) is 0 Å². The molecule has 0 saturated carbocycles. The molecule has 1 aliphatic heterocycles. The van der Waals surface area contributed by atoms with Crippen LogP contribution in [-0.2, 0) is 0 Å². The van der Waals surface area contributed by atoms with Crippen LogP contribution in [0.1, 0.15) is 29.0 Å². The van der Waals surface area contributed by atoms with Crippen LogP contribution in [0, 0.1) is 0 Å². The van der Waals surface area contributed by atoms with Gasteiger partial charge in [-0.25, -0.2) is 4.99 Å². The molecule has 0 fully saturated rings. The summed E-state index contributed by atoms with van der Waals surface area (Å²) in [6, 6.07) is 68.7. The van der Waals surface area contributed by atoms with E-state index in [1.807, 2.05) is 0 Å². The predicted octanol–water partition coefficient (Wildman–Crippen LogP) is 13.0. The van der Waals surface area contributed by atoms with E-state index in [0.29, 0.717) is 0 Å². The normalized spacial score (nSPS) is 16.0. The number of nitrogens with zero attached hydrogens (tertiary/aromatic N) is 1. The fourth-order valence-corrected chi connectivity index (χ4v) is 9.53. The lowest BCUT2D eigenvalue weighted by atomic mass is 9.88. The molecule has 2 unspecified atom stereocenters. The van der Waals surface area contributed by atoms with Gasteiger partial charge in [0.15, 0.2) is 0 Å². The fourth-order valence-electron chi connectivity index (χ4n) is 9.53. The molecule has 0 spiro atoms. The largest absolute Gasteiger partial charge is 0.350 e. The van der Waals surface area contributed by atoms with Crippen molar-refractivity contribution in [1.29, 1.82) is 0 Å². The highest BCUT2D eigenvalue weighted by atomic mass is 15.3. The van der Waals surface area contributed by atoms with Gasteiger partial charge in [-0.15, -0.1) is 0 Å². The molecule has 0 aromatic heterocycles. The Morgan fingerprint density at radius 2 is 0.786 bits per heavy atom. The van der Waals surface area contributed by atoms with E-state index >= 15 is 0 Å². The number of rotatable bonds is 5.